The van der Waals surface area contributed by atoms with Crippen LogP contribution in [0.15, 0.2) is 29.2 Å². The van der Waals surface area contributed by atoms with Crippen molar-refractivity contribution in [2.45, 2.75) is 37.1 Å². The summed E-state index contributed by atoms with van der Waals surface area (Å²) >= 11 is 1.98. The van der Waals surface area contributed by atoms with E-state index < -0.39 is 0 Å². The van der Waals surface area contributed by atoms with E-state index in [1.54, 1.807) is 0 Å². The zero-order valence-electron chi connectivity index (χ0n) is 9.33. The second kappa shape index (κ2) is 5.57. The van der Waals surface area contributed by atoms with Gasteiger partial charge in [-0.1, -0.05) is 38.0 Å². The van der Waals surface area contributed by atoms with Gasteiger partial charge >= 0.3 is 0 Å². The number of rotatable bonds is 5. The lowest BCUT2D eigenvalue weighted by Crippen LogP contribution is -2.22. The summed E-state index contributed by atoms with van der Waals surface area (Å²) in [6, 6.07) is 9.35. The summed E-state index contributed by atoms with van der Waals surface area (Å²) in [4.78, 5) is 1.46. The molecule has 0 bridgehead atoms. The van der Waals surface area contributed by atoms with Gasteiger partial charge in [0.15, 0.2) is 0 Å². The molecule has 15 heavy (non-hydrogen) atoms. The predicted molar refractivity (Wildman–Crippen MR) is 67.4 cm³/mol. The summed E-state index contributed by atoms with van der Waals surface area (Å²) in [7, 11) is 0. The van der Waals surface area contributed by atoms with Crippen LogP contribution in [0.25, 0.3) is 0 Å². The van der Waals surface area contributed by atoms with E-state index in [2.05, 4.69) is 36.5 Å². The van der Waals surface area contributed by atoms with Crippen LogP contribution in [0.1, 0.15) is 37.8 Å². The Morgan fingerprint density at radius 1 is 1.33 bits per heavy atom. The molecule has 0 amide bonds. The van der Waals surface area contributed by atoms with Gasteiger partial charge in [-0.15, -0.1) is 11.8 Å². The highest BCUT2D eigenvalue weighted by atomic mass is 32.2. The molecular weight excluding hydrogens is 202 g/mol. The summed E-state index contributed by atoms with van der Waals surface area (Å²) in [5, 5.41) is 3.65. The first-order chi connectivity index (χ1) is 7.42. The maximum Gasteiger partial charge on any atom is 0.0426 e. The Balaban J connectivity index is 1.85. The van der Waals surface area contributed by atoms with Gasteiger partial charge < -0.3 is 5.32 Å². The van der Waals surface area contributed by atoms with Crippen LogP contribution in [0.4, 0.5) is 0 Å². The topological polar surface area (TPSA) is 12.0 Å². The predicted octanol–water partition coefficient (Wildman–Crippen LogP) is 3.61. The van der Waals surface area contributed by atoms with E-state index in [0.717, 1.165) is 6.54 Å². The highest BCUT2D eigenvalue weighted by Gasteiger charge is 2.21. The van der Waals surface area contributed by atoms with E-state index in [9.17, 15) is 0 Å². The summed E-state index contributed by atoms with van der Waals surface area (Å²) in [6.45, 7) is 3.41. The van der Waals surface area contributed by atoms with Gasteiger partial charge in [-0.05, 0) is 24.6 Å². The Labute approximate surface area is 96.7 Å². The van der Waals surface area contributed by atoms with Crippen LogP contribution in [0.3, 0.4) is 0 Å². The number of fused-ring (bicyclic) bond motifs is 1. The molecule has 1 aromatic rings. The average molecular weight is 221 g/mol. The van der Waals surface area contributed by atoms with Crippen molar-refractivity contribution in [3.8, 4) is 0 Å². The smallest absolute Gasteiger partial charge is 0.0426 e. The Kier molecular flexibility index (Phi) is 4.09. The molecule has 1 atom stereocenters. The molecule has 0 radical (unpaired) electrons. The van der Waals surface area contributed by atoms with Crippen molar-refractivity contribution in [1.29, 1.82) is 0 Å². The number of hydrogen-bond acceptors (Lipinski definition) is 2. The van der Waals surface area contributed by atoms with Gasteiger partial charge in [-0.25, -0.2) is 0 Å². The molecule has 0 aromatic heterocycles. The molecule has 0 spiro atoms. The number of thioether (sulfide) groups is 1. The Hall–Kier alpha value is -0.470. The van der Waals surface area contributed by atoms with Gasteiger partial charge in [0.1, 0.15) is 0 Å². The number of hydrogen-bond donors (Lipinski definition) is 1. The average Bonchev–Trinajstić information content (AvgIpc) is 2.68. The van der Waals surface area contributed by atoms with E-state index in [4.69, 9.17) is 0 Å². The van der Waals surface area contributed by atoms with Crippen molar-refractivity contribution in [3.63, 3.8) is 0 Å². The first-order valence-electron chi connectivity index (χ1n) is 5.87. The molecular formula is C13H19NS. The minimum Gasteiger partial charge on any atom is -0.309 e. The molecule has 2 rings (SSSR count). The molecule has 1 N–H and O–H groups in total. The fourth-order valence-electron chi connectivity index (χ4n) is 1.98. The molecule has 0 saturated carbocycles. The summed E-state index contributed by atoms with van der Waals surface area (Å²) < 4.78 is 0. The number of unbranched alkanes of at least 4 members (excludes halogenated alkanes) is 2. The summed E-state index contributed by atoms with van der Waals surface area (Å²) in [6.07, 6.45) is 3.95. The first-order valence-corrected chi connectivity index (χ1v) is 6.85. The molecule has 1 nitrogen and oxygen atoms in total. The van der Waals surface area contributed by atoms with Crippen LogP contribution in [-0.2, 0) is 0 Å². The third-order valence-corrected chi connectivity index (χ3v) is 4.05. The lowest BCUT2D eigenvalue weighted by atomic mass is 10.1. The molecule has 0 saturated heterocycles. The number of nitrogens with one attached hydrogen (secondary N) is 1. The van der Waals surface area contributed by atoms with Crippen LogP contribution in [0.5, 0.6) is 0 Å². The second-order valence-electron chi connectivity index (χ2n) is 4.06. The molecule has 1 aromatic carbocycles. The number of benzene rings is 1. The minimum absolute atomic E-state index is 0.586. The van der Waals surface area contributed by atoms with E-state index in [0.29, 0.717) is 6.04 Å². The molecule has 0 aliphatic carbocycles. The van der Waals surface area contributed by atoms with Crippen molar-refractivity contribution in [2.24, 2.45) is 0 Å². The third kappa shape index (κ3) is 2.76. The maximum absolute atomic E-state index is 3.65. The SMILES string of the molecule is CCCCCNC1CSc2ccccc21. The molecule has 1 heterocycles. The molecule has 1 aliphatic rings. The third-order valence-electron chi connectivity index (χ3n) is 2.87. The van der Waals surface area contributed by atoms with Gasteiger partial charge in [0.05, 0.1) is 0 Å². The van der Waals surface area contributed by atoms with Crippen molar-refractivity contribution in [2.75, 3.05) is 12.3 Å². The van der Waals surface area contributed by atoms with Gasteiger partial charge in [0.2, 0.25) is 0 Å². The van der Waals surface area contributed by atoms with E-state index in [1.165, 1.54) is 35.5 Å². The van der Waals surface area contributed by atoms with Gasteiger partial charge in [0, 0.05) is 16.7 Å². The van der Waals surface area contributed by atoms with Crippen LogP contribution in [0, 0.1) is 0 Å². The summed E-state index contributed by atoms with van der Waals surface area (Å²) in [5.74, 6) is 1.20. The minimum atomic E-state index is 0.586. The van der Waals surface area contributed by atoms with Crippen molar-refractivity contribution < 1.29 is 0 Å². The lowest BCUT2D eigenvalue weighted by Gasteiger charge is -2.12. The van der Waals surface area contributed by atoms with Crippen LogP contribution >= 0.6 is 11.8 Å². The Bertz CT molecular complexity index is 311. The Morgan fingerprint density at radius 2 is 2.20 bits per heavy atom. The normalized spacial score (nSPS) is 19.1. The van der Waals surface area contributed by atoms with Crippen molar-refractivity contribution in [1.82, 2.24) is 5.32 Å². The van der Waals surface area contributed by atoms with Crippen LogP contribution in [-0.4, -0.2) is 12.3 Å². The maximum atomic E-state index is 3.65. The Morgan fingerprint density at radius 3 is 3.07 bits per heavy atom. The molecule has 0 fully saturated rings. The molecule has 2 heteroatoms. The fraction of sp³-hybridized carbons (Fsp3) is 0.538. The van der Waals surface area contributed by atoms with Crippen LogP contribution in [0.2, 0.25) is 0 Å². The van der Waals surface area contributed by atoms with Crippen molar-refractivity contribution in [3.05, 3.63) is 29.8 Å². The fourth-order valence-corrected chi connectivity index (χ4v) is 3.18. The van der Waals surface area contributed by atoms with Crippen molar-refractivity contribution >= 4 is 11.8 Å². The van der Waals surface area contributed by atoms with E-state index in [1.807, 2.05) is 11.8 Å². The van der Waals surface area contributed by atoms with Gasteiger partial charge in [0.25, 0.3) is 0 Å². The quantitative estimate of drug-likeness (QED) is 0.762. The van der Waals surface area contributed by atoms with E-state index >= 15 is 0 Å². The monoisotopic (exact) mass is 221 g/mol. The second-order valence-corrected chi connectivity index (χ2v) is 5.12. The van der Waals surface area contributed by atoms with Gasteiger partial charge in [-0.3, -0.25) is 0 Å². The highest BCUT2D eigenvalue weighted by Crippen LogP contribution is 2.37. The zero-order chi connectivity index (χ0) is 10.5. The molecule has 1 aliphatic heterocycles. The van der Waals surface area contributed by atoms with Crippen LogP contribution < -0.4 is 5.32 Å². The lowest BCUT2D eigenvalue weighted by molar-refractivity contribution is 0.550. The molecule has 82 valence electrons. The zero-order valence-corrected chi connectivity index (χ0v) is 10.1. The largest absolute Gasteiger partial charge is 0.309 e. The first kappa shape index (κ1) is 11.0. The summed E-state index contributed by atoms with van der Waals surface area (Å²) in [5.41, 5.74) is 1.50. The van der Waals surface area contributed by atoms with E-state index in [-0.39, 0.29) is 0 Å². The highest BCUT2D eigenvalue weighted by molar-refractivity contribution is 7.99. The van der Waals surface area contributed by atoms with Gasteiger partial charge in [-0.2, -0.15) is 0 Å². The standard InChI is InChI=1S/C13H19NS/c1-2-3-6-9-14-12-10-15-13-8-5-4-7-11(12)13/h4-5,7-8,12,14H,2-3,6,9-10H2,1H3. The molecule has 1 unspecified atom stereocenters.